The molecule has 1 aromatic rings. The number of carbonyl (C=O) groups excluding carboxylic acids is 1. The van der Waals surface area contributed by atoms with E-state index >= 15 is 0 Å². The second-order valence-corrected chi connectivity index (χ2v) is 5.16. The molecule has 0 saturated heterocycles. The van der Waals surface area contributed by atoms with Gasteiger partial charge in [0, 0.05) is 5.92 Å². The summed E-state index contributed by atoms with van der Waals surface area (Å²) in [6, 6.07) is 10.2. The van der Waals surface area contributed by atoms with Crippen LogP contribution >= 0.6 is 0 Å². The van der Waals surface area contributed by atoms with Crippen LogP contribution in [0.5, 0.6) is 0 Å². The van der Waals surface area contributed by atoms with Crippen molar-refractivity contribution in [2.45, 2.75) is 44.6 Å². The molecular weight excluding hydrogens is 240 g/mol. The third-order valence-corrected chi connectivity index (χ3v) is 3.98. The Hall–Kier alpha value is -1.35. The van der Waals surface area contributed by atoms with Gasteiger partial charge in [0.15, 0.2) is 6.10 Å². The van der Waals surface area contributed by atoms with Crippen molar-refractivity contribution in [2.24, 2.45) is 5.92 Å². The number of aliphatic hydroxyl groups is 1. The Bertz CT molecular complexity index is 402. The Balaban J connectivity index is 2.14. The van der Waals surface area contributed by atoms with E-state index in [4.69, 9.17) is 4.74 Å². The van der Waals surface area contributed by atoms with Gasteiger partial charge in [0.25, 0.3) is 0 Å². The molecule has 0 amide bonds. The molecule has 0 heterocycles. The zero-order valence-corrected chi connectivity index (χ0v) is 11.4. The molecule has 1 aromatic carbocycles. The lowest BCUT2D eigenvalue weighted by Gasteiger charge is -2.34. The first kappa shape index (κ1) is 14.1. The summed E-state index contributed by atoms with van der Waals surface area (Å²) in [4.78, 5) is 11.7. The Kier molecular flexibility index (Phi) is 4.97. The number of benzene rings is 1. The summed E-state index contributed by atoms with van der Waals surface area (Å²) in [6.07, 6.45) is 3.16. The molecule has 0 bridgehead atoms. The van der Waals surface area contributed by atoms with Crippen molar-refractivity contribution in [3.8, 4) is 0 Å². The van der Waals surface area contributed by atoms with Crippen LogP contribution in [0.1, 0.15) is 44.1 Å². The van der Waals surface area contributed by atoms with Gasteiger partial charge in [-0.3, -0.25) is 0 Å². The van der Waals surface area contributed by atoms with Crippen molar-refractivity contribution in [1.29, 1.82) is 0 Å². The van der Waals surface area contributed by atoms with E-state index in [1.807, 2.05) is 18.2 Å². The topological polar surface area (TPSA) is 46.5 Å². The maximum Gasteiger partial charge on any atom is 0.335 e. The standard InChI is InChI=1S/C16H22O3/c1-2-19-16(18)15(17)14-11-7-6-10-13(14)12-8-4-3-5-9-12/h3-5,8-9,13-15,17H,2,6-7,10-11H2,1H3. The van der Waals surface area contributed by atoms with Gasteiger partial charge in [-0.1, -0.05) is 43.2 Å². The van der Waals surface area contributed by atoms with Crippen molar-refractivity contribution >= 4 is 5.97 Å². The number of esters is 1. The van der Waals surface area contributed by atoms with Crippen LogP contribution in [0.3, 0.4) is 0 Å². The quantitative estimate of drug-likeness (QED) is 0.849. The Labute approximate surface area is 114 Å². The fourth-order valence-electron chi connectivity index (χ4n) is 3.05. The predicted molar refractivity (Wildman–Crippen MR) is 73.8 cm³/mol. The molecule has 3 unspecified atom stereocenters. The number of rotatable bonds is 4. The molecule has 0 spiro atoms. The van der Waals surface area contributed by atoms with Crippen molar-refractivity contribution in [2.75, 3.05) is 6.61 Å². The van der Waals surface area contributed by atoms with Crippen molar-refractivity contribution in [3.05, 3.63) is 35.9 Å². The van der Waals surface area contributed by atoms with E-state index in [-0.39, 0.29) is 11.8 Å². The number of aliphatic hydroxyl groups excluding tert-OH is 1. The molecule has 1 saturated carbocycles. The van der Waals surface area contributed by atoms with Gasteiger partial charge in [0.2, 0.25) is 0 Å². The Morgan fingerprint density at radius 2 is 2.00 bits per heavy atom. The minimum absolute atomic E-state index is 0.0183. The Morgan fingerprint density at radius 1 is 1.32 bits per heavy atom. The molecule has 3 atom stereocenters. The molecule has 1 fully saturated rings. The first-order valence-corrected chi connectivity index (χ1v) is 7.13. The summed E-state index contributed by atoms with van der Waals surface area (Å²) < 4.78 is 4.95. The highest BCUT2D eigenvalue weighted by atomic mass is 16.5. The molecule has 0 aromatic heterocycles. The van der Waals surface area contributed by atoms with Gasteiger partial charge in [-0.15, -0.1) is 0 Å². The lowest BCUT2D eigenvalue weighted by atomic mass is 9.73. The molecule has 0 aliphatic heterocycles. The van der Waals surface area contributed by atoms with Gasteiger partial charge in [0.05, 0.1) is 6.61 Å². The zero-order chi connectivity index (χ0) is 13.7. The normalized spacial score (nSPS) is 24.7. The maximum atomic E-state index is 11.7. The van der Waals surface area contributed by atoms with Gasteiger partial charge < -0.3 is 9.84 Å². The average molecular weight is 262 g/mol. The van der Waals surface area contributed by atoms with Crippen LogP contribution in [-0.2, 0) is 9.53 Å². The molecule has 19 heavy (non-hydrogen) atoms. The molecule has 1 aliphatic rings. The monoisotopic (exact) mass is 262 g/mol. The first-order valence-electron chi connectivity index (χ1n) is 7.13. The highest BCUT2D eigenvalue weighted by Gasteiger charge is 2.36. The number of ether oxygens (including phenoxy) is 1. The lowest BCUT2D eigenvalue weighted by molar-refractivity contribution is -0.157. The maximum absolute atomic E-state index is 11.7. The number of carbonyl (C=O) groups is 1. The van der Waals surface area contributed by atoms with E-state index in [9.17, 15) is 9.90 Å². The van der Waals surface area contributed by atoms with Crippen molar-refractivity contribution in [1.82, 2.24) is 0 Å². The smallest absolute Gasteiger partial charge is 0.335 e. The highest BCUT2D eigenvalue weighted by Crippen LogP contribution is 2.39. The summed E-state index contributed by atoms with van der Waals surface area (Å²) in [5.74, 6) is -0.236. The van der Waals surface area contributed by atoms with Crippen LogP contribution in [-0.4, -0.2) is 23.8 Å². The van der Waals surface area contributed by atoms with Crippen LogP contribution in [0.2, 0.25) is 0 Å². The predicted octanol–water partition coefficient (Wildman–Crippen LogP) is 2.88. The first-order chi connectivity index (χ1) is 9.24. The fraction of sp³-hybridized carbons (Fsp3) is 0.562. The van der Waals surface area contributed by atoms with Crippen LogP contribution in [0, 0.1) is 5.92 Å². The molecule has 104 valence electrons. The van der Waals surface area contributed by atoms with Crippen molar-refractivity contribution < 1.29 is 14.6 Å². The van der Waals surface area contributed by atoms with Gasteiger partial charge in [0.1, 0.15) is 0 Å². The highest BCUT2D eigenvalue weighted by molar-refractivity contribution is 5.75. The number of hydrogen-bond donors (Lipinski definition) is 1. The second-order valence-electron chi connectivity index (χ2n) is 5.16. The second kappa shape index (κ2) is 6.71. The van der Waals surface area contributed by atoms with E-state index in [2.05, 4.69) is 12.1 Å². The van der Waals surface area contributed by atoms with E-state index < -0.39 is 12.1 Å². The summed E-state index contributed by atoms with van der Waals surface area (Å²) >= 11 is 0. The fourth-order valence-corrected chi connectivity index (χ4v) is 3.05. The van der Waals surface area contributed by atoms with E-state index in [1.165, 1.54) is 5.56 Å². The largest absolute Gasteiger partial charge is 0.464 e. The van der Waals surface area contributed by atoms with Gasteiger partial charge >= 0.3 is 5.97 Å². The third kappa shape index (κ3) is 3.35. The molecule has 0 radical (unpaired) electrons. The summed E-state index contributed by atoms with van der Waals surface area (Å²) in [5.41, 5.74) is 1.22. The minimum atomic E-state index is -0.995. The lowest BCUT2D eigenvalue weighted by Crippen LogP contribution is -2.36. The molecular formula is C16H22O3. The minimum Gasteiger partial charge on any atom is -0.464 e. The summed E-state index contributed by atoms with van der Waals surface area (Å²) in [7, 11) is 0. The molecule has 3 nitrogen and oxygen atoms in total. The van der Waals surface area contributed by atoms with Crippen LogP contribution in [0.15, 0.2) is 30.3 Å². The van der Waals surface area contributed by atoms with Crippen molar-refractivity contribution in [3.63, 3.8) is 0 Å². The van der Waals surface area contributed by atoms with Gasteiger partial charge in [-0.2, -0.15) is 0 Å². The molecule has 1 N–H and O–H groups in total. The summed E-state index contributed by atoms with van der Waals surface area (Å²) in [5, 5.41) is 10.2. The van der Waals surface area contributed by atoms with Crippen LogP contribution < -0.4 is 0 Å². The molecule has 3 heteroatoms. The summed E-state index contributed by atoms with van der Waals surface area (Å²) in [6.45, 7) is 2.08. The number of hydrogen-bond acceptors (Lipinski definition) is 3. The zero-order valence-electron chi connectivity index (χ0n) is 11.4. The van der Waals surface area contributed by atoms with E-state index in [0.717, 1.165) is 25.7 Å². The van der Waals surface area contributed by atoms with Gasteiger partial charge in [-0.25, -0.2) is 4.79 Å². The van der Waals surface area contributed by atoms with E-state index in [0.29, 0.717) is 6.61 Å². The SMILES string of the molecule is CCOC(=O)C(O)C1CCCCC1c1ccccc1. The van der Waals surface area contributed by atoms with Crippen LogP contribution in [0.4, 0.5) is 0 Å². The molecule has 1 aliphatic carbocycles. The average Bonchev–Trinajstić information content (AvgIpc) is 2.47. The third-order valence-electron chi connectivity index (χ3n) is 3.98. The van der Waals surface area contributed by atoms with E-state index in [1.54, 1.807) is 6.92 Å². The molecule has 2 rings (SSSR count). The van der Waals surface area contributed by atoms with Crippen LogP contribution in [0.25, 0.3) is 0 Å². The Morgan fingerprint density at radius 3 is 2.68 bits per heavy atom. The van der Waals surface area contributed by atoms with Gasteiger partial charge in [-0.05, 0) is 31.2 Å².